The molecule has 1 aromatic rings. The van der Waals surface area contributed by atoms with Crippen molar-refractivity contribution in [3.63, 3.8) is 0 Å². The second-order valence-electron chi connectivity index (χ2n) is 6.61. The molecule has 1 aliphatic heterocycles. The summed E-state index contributed by atoms with van der Waals surface area (Å²) in [7, 11) is 1.51. The molecule has 1 aliphatic carbocycles. The molecule has 3 rings (SSSR count). The van der Waals surface area contributed by atoms with Gasteiger partial charge in [-0.3, -0.25) is 14.3 Å². The fraction of sp³-hybridized carbons (Fsp3) is 0.688. The average Bonchev–Trinajstić information content (AvgIpc) is 3.32. The normalized spacial score (nSPS) is 24.6. The van der Waals surface area contributed by atoms with Gasteiger partial charge in [-0.15, -0.1) is 0 Å². The smallest absolute Gasteiger partial charge is 0.244 e. The molecular formula is C16H24N4O4. The van der Waals surface area contributed by atoms with E-state index in [1.807, 2.05) is 12.3 Å². The second kappa shape index (κ2) is 6.90. The van der Waals surface area contributed by atoms with E-state index in [9.17, 15) is 9.59 Å². The minimum Gasteiger partial charge on any atom is -0.377 e. The molecule has 8 nitrogen and oxygen atoms in total. The van der Waals surface area contributed by atoms with Crippen molar-refractivity contribution in [2.24, 2.45) is 5.73 Å². The molecule has 2 aliphatic rings. The maximum Gasteiger partial charge on any atom is 0.244 e. The zero-order valence-corrected chi connectivity index (χ0v) is 13.9. The fourth-order valence-electron chi connectivity index (χ4n) is 3.04. The summed E-state index contributed by atoms with van der Waals surface area (Å²) in [6.07, 6.45) is 4.21. The van der Waals surface area contributed by atoms with Crippen molar-refractivity contribution in [1.29, 1.82) is 0 Å². The first-order valence-corrected chi connectivity index (χ1v) is 8.24. The Morgan fingerprint density at radius 2 is 2.29 bits per heavy atom. The van der Waals surface area contributed by atoms with Gasteiger partial charge in [0.25, 0.3) is 0 Å². The van der Waals surface area contributed by atoms with Gasteiger partial charge in [-0.25, -0.2) is 0 Å². The van der Waals surface area contributed by atoms with Crippen molar-refractivity contribution in [3.8, 4) is 0 Å². The van der Waals surface area contributed by atoms with Gasteiger partial charge >= 0.3 is 0 Å². The molecule has 0 bridgehead atoms. The highest BCUT2D eigenvalue weighted by atomic mass is 16.5. The van der Waals surface area contributed by atoms with E-state index in [4.69, 9.17) is 15.2 Å². The number of aromatic nitrogens is 2. The summed E-state index contributed by atoms with van der Waals surface area (Å²) in [6.45, 7) is 1.55. The van der Waals surface area contributed by atoms with Gasteiger partial charge in [0.1, 0.15) is 12.1 Å². The number of carbonyl (C=O) groups is 2. The summed E-state index contributed by atoms with van der Waals surface area (Å²) in [5.41, 5.74) is 5.49. The van der Waals surface area contributed by atoms with Crippen LogP contribution in [-0.4, -0.2) is 65.5 Å². The van der Waals surface area contributed by atoms with Gasteiger partial charge < -0.3 is 20.1 Å². The molecule has 132 valence electrons. The number of ether oxygens (including phenoxy) is 2. The average molecular weight is 336 g/mol. The van der Waals surface area contributed by atoms with Crippen LogP contribution in [0, 0.1) is 0 Å². The lowest BCUT2D eigenvalue weighted by Gasteiger charge is -2.33. The number of hydrogen-bond acceptors (Lipinski definition) is 5. The Morgan fingerprint density at radius 3 is 2.96 bits per heavy atom. The molecule has 2 heterocycles. The van der Waals surface area contributed by atoms with Crippen LogP contribution in [0.15, 0.2) is 12.3 Å². The molecule has 2 fully saturated rings. The molecule has 1 unspecified atom stereocenters. The maximum atomic E-state index is 12.6. The van der Waals surface area contributed by atoms with Crippen LogP contribution in [0.1, 0.15) is 30.9 Å². The lowest BCUT2D eigenvalue weighted by molar-refractivity contribution is -0.140. The van der Waals surface area contributed by atoms with Crippen molar-refractivity contribution in [2.45, 2.75) is 37.3 Å². The molecule has 0 radical (unpaired) electrons. The molecular weight excluding hydrogens is 312 g/mol. The fourth-order valence-corrected chi connectivity index (χ4v) is 3.04. The van der Waals surface area contributed by atoms with E-state index in [-0.39, 0.29) is 32.0 Å². The summed E-state index contributed by atoms with van der Waals surface area (Å²) in [4.78, 5) is 25.7. The van der Waals surface area contributed by atoms with Crippen LogP contribution in [0.5, 0.6) is 0 Å². The van der Waals surface area contributed by atoms with E-state index in [1.54, 1.807) is 9.58 Å². The molecule has 1 aromatic heterocycles. The van der Waals surface area contributed by atoms with Gasteiger partial charge in [0.15, 0.2) is 0 Å². The van der Waals surface area contributed by atoms with Crippen LogP contribution in [-0.2, 0) is 25.6 Å². The summed E-state index contributed by atoms with van der Waals surface area (Å²) in [6, 6.07) is 1.98. The van der Waals surface area contributed by atoms with Crippen LogP contribution in [0.4, 0.5) is 0 Å². The van der Waals surface area contributed by atoms with Crippen LogP contribution in [0.2, 0.25) is 0 Å². The highest BCUT2D eigenvalue weighted by Crippen LogP contribution is 2.38. The monoisotopic (exact) mass is 336 g/mol. The van der Waals surface area contributed by atoms with Crippen molar-refractivity contribution >= 4 is 11.8 Å². The number of nitrogens with two attached hydrogens (primary N) is 1. The standard InChI is InChI=1S/C16H24N4O4/c1-23-16(8-14(17)21)10-19(6-7-24-11-16)15(22)9-20-5-4-13(18-20)12-2-3-12/h4-5,12H,2-3,6-11H2,1H3,(H2,17,21). The Bertz CT molecular complexity index is 613. The number of methoxy groups -OCH3 is 1. The summed E-state index contributed by atoms with van der Waals surface area (Å²) < 4.78 is 12.7. The summed E-state index contributed by atoms with van der Waals surface area (Å²) >= 11 is 0. The highest BCUT2D eigenvalue weighted by Gasteiger charge is 2.38. The van der Waals surface area contributed by atoms with Crippen molar-refractivity contribution < 1.29 is 19.1 Å². The highest BCUT2D eigenvalue weighted by molar-refractivity contribution is 5.77. The molecule has 1 saturated carbocycles. The van der Waals surface area contributed by atoms with E-state index in [1.165, 1.54) is 20.0 Å². The molecule has 0 aromatic carbocycles. The number of hydrogen-bond donors (Lipinski definition) is 1. The predicted octanol–water partition coefficient (Wildman–Crippen LogP) is -0.120. The molecule has 0 spiro atoms. The zero-order chi connectivity index (χ0) is 17.2. The number of nitrogens with zero attached hydrogens (tertiary/aromatic N) is 3. The summed E-state index contributed by atoms with van der Waals surface area (Å²) in [5.74, 6) is 0.0115. The number of carbonyl (C=O) groups excluding carboxylic acids is 2. The van der Waals surface area contributed by atoms with Crippen LogP contribution < -0.4 is 5.73 Å². The third kappa shape index (κ3) is 3.93. The Kier molecular flexibility index (Phi) is 4.86. The van der Waals surface area contributed by atoms with Crippen LogP contribution in [0.3, 0.4) is 0 Å². The van der Waals surface area contributed by atoms with E-state index in [0.29, 0.717) is 19.1 Å². The number of amides is 2. The Balaban J connectivity index is 1.66. The minimum absolute atomic E-state index is 0.0148. The first-order valence-electron chi connectivity index (χ1n) is 8.24. The second-order valence-corrected chi connectivity index (χ2v) is 6.61. The molecule has 1 atom stereocenters. The molecule has 2 N–H and O–H groups in total. The Labute approximate surface area is 140 Å². The topological polar surface area (TPSA) is 99.7 Å². The molecule has 8 heteroatoms. The quantitative estimate of drug-likeness (QED) is 0.781. The van der Waals surface area contributed by atoms with E-state index in [2.05, 4.69) is 5.10 Å². The largest absolute Gasteiger partial charge is 0.377 e. The minimum atomic E-state index is -0.888. The van der Waals surface area contributed by atoms with Gasteiger partial charge in [-0.05, 0) is 18.9 Å². The van der Waals surface area contributed by atoms with Gasteiger partial charge in [-0.2, -0.15) is 5.10 Å². The molecule has 2 amide bonds. The first kappa shape index (κ1) is 16.9. The van der Waals surface area contributed by atoms with Crippen molar-refractivity contribution in [1.82, 2.24) is 14.7 Å². The van der Waals surface area contributed by atoms with Crippen molar-refractivity contribution in [3.05, 3.63) is 18.0 Å². The Hall–Kier alpha value is -1.93. The first-order chi connectivity index (χ1) is 11.5. The van der Waals surface area contributed by atoms with Gasteiger partial charge in [0, 0.05) is 25.8 Å². The van der Waals surface area contributed by atoms with Crippen LogP contribution >= 0.6 is 0 Å². The van der Waals surface area contributed by atoms with E-state index >= 15 is 0 Å². The van der Waals surface area contributed by atoms with E-state index < -0.39 is 11.5 Å². The van der Waals surface area contributed by atoms with Crippen LogP contribution in [0.25, 0.3) is 0 Å². The predicted molar refractivity (Wildman–Crippen MR) is 85.2 cm³/mol. The lowest BCUT2D eigenvalue weighted by atomic mass is 9.99. The lowest BCUT2D eigenvalue weighted by Crippen LogP contribution is -2.50. The summed E-state index contributed by atoms with van der Waals surface area (Å²) in [5, 5.41) is 4.47. The third-order valence-electron chi connectivity index (χ3n) is 4.59. The number of rotatable bonds is 6. The number of primary amides is 1. The SMILES string of the molecule is COC1(CC(N)=O)COCCN(C(=O)Cn2ccc(C3CC3)n2)C1. The third-order valence-corrected chi connectivity index (χ3v) is 4.59. The maximum absolute atomic E-state index is 12.6. The van der Waals surface area contributed by atoms with Gasteiger partial charge in [0.2, 0.25) is 11.8 Å². The Morgan fingerprint density at radius 1 is 1.50 bits per heavy atom. The molecule has 24 heavy (non-hydrogen) atoms. The van der Waals surface area contributed by atoms with Gasteiger partial charge in [-0.1, -0.05) is 0 Å². The van der Waals surface area contributed by atoms with Gasteiger partial charge in [0.05, 0.1) is 31.9 Å². The van der Waals surface area contributed by atoms with Crippen molar-refractivity contribution in [2.75, 3.05) is 33.4 Å². The molecule has 1 saturated heterocycles. The van der Waals surface area contributed by atoms with E-state index in [0.717, 1.165) is 5.69 Å². The zero-order valence-electron chi connectivity index (χ0n) is 13.9.